The molecule has 1 aromatic heterocycles. The molecule has 3 aromatic rings. The summed E-state index contributed by atoms with van der Waals surface area (Å²) in [6, 6.07) is 9.38. The summed E-state index contributed by atoms with van der Waals surface area (Å²) >= 11 is 0. The topological polar surface area (TPSA) is 130 Å². The summed E-state index contributed by atoms with van der Waals surface area (Å²) in [5, 5.41) is 3.90. The minimum absolute atomic E-state index is 0.0245. The van der Waals surface area contributed by atoms with Crippen molar-refractivity contribution in [2.45, 2.75) is 25.3 Å². The highest BCUT2D eigenvalue weighted by Crippen LogP contribution is 2.31. The minimum atomic E-state index is -3.71. The maximum absolute atomic E-state index is 12.6. The van der Waals surface area contributed by atoms with Gasteiger partial charge in [0.2, 0.25) is 15.8 Å². The van der Waals surface area contributed by atoms with Crippen molar-refractivity contribution in [1.82, 2.24) is 14.9 Å². The van der Waals surface area contributed by atoms with Gasteiger partial charge in [-0.1, -0.05) is 18.1 Å². The van der Waals surface area contributed by atoms with Gasteiger partial charge >= 0.3 is 5.97 Å². The zero-order chi connectivity index (χ0) is 23.3. The molecule has 0 spiro atoms. The number of rotatable bonds is 9. The number of sulfonamides is 1. The summed E-state index contributed by atoms with van der Waals surface area (Å²) in [5.41, 5.74) is 1.27. The number of benzene rings is 2. The average Bonchev–Trinajstić information content (AvgIpc) is 3.26. The van der Waals surface area contributed by atoms with Crippen LogP contribution in [-0.4, -0.2) is 45.3 Å². The third-order valence-electron chi connectivity index (χ3n) is 4.52. The molecule has 0 saturated carbocycles. The molecule has 0 aliphatic rings. The highest BCUT2D eigenvalue weighted by molar-refractivity contribution is 7.89. The van der Waals surface area contributed by atoms with Crippen molar-refractivity contribution in [3.05, 3.63) is 53.4 Å². The molecule has 10 nitrogen and oxygen atoms in total. The first-order valence-electron chi connectivity index (χ1n) is 9.61. The number of aryl methyl sites for hydroxylation is 1. The zero-order valence-electron chi connectivity index (χ0n) is 18.0. The Morgan fingerprint density at radius 3 is 2.59 bits per heavy atom. The maximum atomic E-state index is 12.6. The molecule has 1 N–H and O–H groups in total. The number of nitrogens with zero attached hydrogens (tertiary/aromatic N) is 2. The third-order valence-corrected chi connectivity index (χ3v) is 6.06. The Hall–Kier alpha value is -3.44. The van der Waals surface area contributed by atoms with Gasteiger partial charge in [0, 0.05) is 12.6 Å². The first-order chi connectivity index (χ1) is 15.3. The molecule has 0 atom stereocenters. The predicted octanol–water partition coefficient (Wildman–Crippen LogP) is 2.72. The maximum Gasteiger partial charge on any atom is 0.338 e. The first-order valence-corrected chi connectivity index (χ1v) is 11.1. The van der Waals surface area contributed by atoms with E-state index in [1.165, 1.54) is 19.2 Å². The van der Waals surface area contributed by atoms with Crippen molar-refractivity contribution in [3.63, 3.8) is 0 Å². The number of hydrogen-bond acceptors (Lipinski definition) is 9. The van der Waals surface area contributed by atoms with Gasteiger partial charge in [-0.25, -0.2) is 17.9 Å². The summed E-state index contributed by atoms with van der Waals surface area (Å²) in [7, 11) is -0.657. The van der Waals surface area contributed by atoms with E-state index < -0.39 is 16.0 Å². The Morgan fingerprint density at radius 2 is 1.91 bits per heavy atom. The van der Waals surface area contributed by atoms with Gasteiger partial charge in [0.25, 0.3) is 5.89 Å². The smallest absolute Gasteiger partial charge is 0.338 e. The van der Waals surface area contributed by atoms with Gasteiger partial charge in [-0.05, 0) is 36.8 Å². The number of ether oxygens (including phenoxy) is 3. The van der Waals surface area contributed by atoms with E-state index in [1.807, 2.05) is 0 Å². The second-order valence-electron chi connectivity index (χ2n) is 6.63. The lowest BCUT2D eigenvalue weighted by Crippen LogP contribution is -2.23. The minimum Gasteiger partial charge on any atom is -0.497 e. The number of aromatic nitrogens is 2. The SMILES string of the molecule is CCNS(=O)(=O)c1ccc(C)c(C(=O)OCc2nc(-c3ccc(OC)cc3OC)no2)c1. The van der Waals surface area contributed by atoms with Gasteiger partial charge in [0.05, 0.1) is 30.2 Å². The number of carbonyl (C=O) groups is 1. The molecule has 0 saturated heterocycles. The van der Waals surface area contributed by atoms with Gasteiger partial charge in [-0.3, -0.25) is 0 Å². The fourth-order valence-corrected chi connectivity index (χ4v) is 3.94. The zero-order valence-corrected chi connectivity index (χ0v) is 18.9. The fraction of sp³-hybridized carbons (Fsp3) is 0.286. The van der Waals surface area contributed by atoms with Crippen molar-refractivity contribution >= 4 is 16.0 Å². The largest absolute Gasteiger partial charge is 0.497 e. The van der Waals surface area contributed by atoms with Crippen LogP contribution in [0.25, 0.3) is 11.4 Å². The quantitative estimate of drug-likeness (QED) is 0.478. The summed E-state index contributed by atoms with van der Waals surface area (Å²) in [6.45, 7) is 3.30. The number of hydrogen-bond donors (Lipinski definition) is 1. The van der Waals surface area contributed by atoms with Crippen molar-refractivity contribution in [2.75, 3.05) is 20.8 Å². The van der Waals surface area contributed by atoms with Crippen molar-refractivity contribution < 1.29 is 31.9 Å². The lowest BCUT2D eigenvalue weighted by atomic mass is 10.1. The van der Waals surface area contributed by atoms with E-state index in [-0.39, 0.29) is 35.3 Å². The second-order valence-corrected chi connectivity index (χ2v) is 8.40. The number of methoxy groups -OCH3 is 2. The molecule has 32 heavy (non-hydrogen) atoms. The molecule has 1 heterocycles. The Morgan fingerprint density at radius 1 is 1.12 bits per heavy atom. The number of carbonyl (C=O) groups excluding carboxylic acids is 1. The molecular weight excluding hydrogens is 438 g/mol. The molecule has 0 amide bonds. The summed E-state index contributed by atoms with van der Waals surface area (Å²) in [4.78, 5) is 16.8. The van der Waals surface area contributed by atoms with Gasteiger partial charge in [0.1, 0.15) is 11.5 Å². The second kappa shape index (κ2) is 9.79. The van der Waals surface area contributed by atoms with E-state index in [2.05, 4.69) is 14.9 Å². The molecule has 0 fully saturated rings. The molecular formula is C21H23N3O7S. The van der Waals surface area contributed by atoms with Crippen molar-refractivity contribution in [3.8, 4) is 22.9 Å². The van der Waals surface area contributed by atoms with E-state index in [1.54, 1.807) is 45.2 Å². The lowest BCUT2D eigenvalue weighted by Gasteiger charge is -2.09. The standard InChI is InChI=1S/C21H23N3O7S/c1-5-22-32(26,27)15-8-6-13(2)17(11-15)21(25)30-12-19-23-20(24-31-19)16-9-7-14(28-3)10-18(16)29-4/h6-11,22H,5,12H2,1-4H3. The first kappa shape index (κ1) is 23.2. The van der Waals surface area contributed by atoms with Gasteiger partial charge < -0.3 is 18.7 Å². The molecule has 11 heteroatoms. The van der Waals surface area contributed by atoms with Crippen LogP contribution >= 0.6 is 0 Å². The molecule has 0 bridgehead atoms. The van der Waals surface area contributed by atoms with E-state index in [0.29, 0.717) is 22.6 Å². The molecule has 170 valence electrons. The third kappa shape index (κ3) is 5.06. The van der Waals surface area contributed by atoms with Crippen LogP contribution in [0.1, 0.15) is 28.7 Å². The van der Waals surface area contributed by atoms with E-state index >= 15 is 0 Å². The van der Waals surface area contributed by atoms with E-state index in [0.717, 1.165) is 0 Å². The molecule has 0 aliphatic carbocycles. The van der Waals surface area contributed by atoms with Crippen LogP contribution in [0.4, 0.5) is 0 Å². The van der Waals surface area contributed by atoms with Crippen LogP contribution in [0.5, 0.6) is 11.5 Å². The lowest BCUT2D eigenvalue weighted by molar-refractivity contribution is 0.0428. The Labute approximate surface area is 185 Å². The molecule has 2 aromatic carbocycles. The Balaban J connectivity index is 1.75. The van der Waals surface area contributed by atoms with Gasteiger partial charge in [-0.2, -0.15) is 4.98 Å². The summed E-state index contributed by atoms with van der Waals surface area (Å²) in [5.74, 6) is 0.712. The summed E-state index contributed by atoms with van der Waals surface area (Å²) in [6.07, 6.45) is 0. The monoisotopic (exact) mass is 461 g/mol. The average molecular weight is 461 g/mol. The van der Waals surface area contributed by atoms with Crippen LogP contribution in [0.2, 0.25) is 0 Å². The molecule has 0 unspecified atom stereocenters. The molecule has 0 radical (unpaired) electrons. The Kier molecular flexibility index (Phi) is 7.11. The fourth-order valence-electron chi connectivity index (χ4n) is 2.87. The number of esters is 1. The molecule has 0 aliphatic heterocycles. The van der Waals surface area contributed by atoms with Gasteiger partial charge in [-0.15, -0.1) is 0 Å². The van der Waals surface area contributed by atoms with Crippen LogP contribution in [0.15, 0.2) is 45.8 Å². The van der Waals surface area contributed by atoms with Crippen molar-refractivity contribution in [2.24, 2.45) is 0 Å². The Bertz CT molecular complexity index is 1220. The number of nitrogens with one attached hydrogen (secondary N) is 1. The van der Waals surface area contributed by atoms with Crippen LogP contribution in [-0.2, 0) is 21.4 Å². The van der Waals surface area contributed by atoms with Crippen LogP contribution < -0.4 is 14.2 Å². The predicted molar refractivity (Wildman–Crippen MR) is 114 cm³/mol. The van der Waals surface area contributed by atoms with E-state index in [4.69, 9.17) is 18.7 Å². The van der Waals surface area contributed by atoms with E-state index in [9.17, 15) is 13.2 Å². The van der Waals surface area contributed by atoms with Crippen LogP contribution in [0, 0.1) is 6.92 Å². The van der Waals surface area contributed by atoms with Gasteiger partial charge in [0.15, 0.2) is 6.61 Å². The summed E-state index contributed by atoms with van der Waals surface area (Å²) < 4.78 is 47.7. The highest BCUT2D eigenvalue weighted by atomic mass is 32.2. The molecule has 3 rings (SSSR count). The highest BCUT2D eigenvalue weighted by Gasteiger charge is 2.20. The van der Waals surface area contributed by atoms with Crippen LogP contribution in [0.3, 0.4) is 0 Å². The van der Waals surface area contributed by atoms with Crippen molar-refractivity contribution in [1.29, 1.82) is 0 Å². The normalized spacial score (nSPS) is 11.2.